The Morgan fingerprint density at radius 2 is 2.33 bits per heavy atom. The van der Waals surface area contributed by atoms with Gasteiger partial charge in [0.25, 0.3) is 0 Å². The van der Waals surface area contributed by atoms with E-state index in [4.69, 9.17) is 0 Å². The van der Waals surface area contributed by atoms with Gasteiger partial charge in [-0.05, 0) is 19.3 Å². The number of hydrogen-bond donors (Lipinski definition) is 1. The van der Waals surface area contributed by atoms with Crippen LogP contribution < -0.4 is 5.32 Å². The number of hydrogen-bond acceptors (Lipinski definition) is 2. The van der Waals surface area contributed by atoms with E-state index in [2.05, 4.69) is 12.2 Å². The van der Waals surface area contributed by atoms with Crippen LogP contribution in [0.1, 0.15) is 26.2 Å². The van der Waals surface area contributed by atoms with Crippen molar-refractivity contribution in [3.8, 4) is 0 Å². The summed E-state index contributed by atoms with van der Waals surface area (Å²) in [5.74, 6) is 1.19. The lowest BCUT2D eigenvalue weighted by Crippen LogP contribution is -2.35. The molecule has 3 nitrogen and oxygen atoms in total. The smallest absolute Gasteiger partial charge is 0.237 e. The fourth-order valence-corrected chi connectivity index (χ4v) is 1.71. The largest absolute Gasteiger partial charge is 0.326 e. The molecule has 0 radical (unpaired) electrons. The van der Waals surface area contributed by atoms with Gasteiger partial charge in [0.2, 0.25) is 5.91 Å². The van der Waals surface area contributed by atoms with Gasteiger partial charge in [-0.2, -0.15) is 0 Å². The highest BCUT2D eigenvalue weighted by atomic mass is 16.2. The van der Waals surface area contributed by atoms with Gasteiger partial charge in [0.1, 0.15) is 0 Å². The predicted molar refractivity (Wildman–Crippen MR) is 46.5 cm³/mol. The molecule has 1 heterocycles. The third kappa shape index (κ3) is 1.61. The topological polar surface area (TPSA) is 32.3 Å². The summed E-state index contributed by atoms with van der Waals surface area (Å²) in [5, 5.41) is 3.14. The number of nitrogens with one attached hydrogen (secondary N) is 1. The molecule has 0 bridgehead atoms. The van der Waals surface area contributed by atoms with Gasteiger partial charge in [-0.25, -0.2) is 0 Å². The van der Waals surface area contributed by atoms with Crippen molar-refractivity contribution in [1.82, 2.24) is 10.2 Å². The Kier molecular flexibility index (Phi) is 2.05. The van der Waals surface area contributed by atoms with Crippen molar-refractivity contribution in [3.63, 3.8) is 0 Å². The average Bonchev–Trinajstić information content (AvgIpc) is 2.80. The summed E-state index contributed by atoms with van der Waals surface area (Å²) < 4.78 is 0. The maximum absolute atomic E-state index is 11.3. The SMILES string of the molecule is CC1NCC(=O)N1CCC1CC1. The summed E-state index contributed by atoms with van der Waals surface area (Å²) >= 11 is 0. The van der Waals surface area contributed by atoms with Crippen molar-refractivity contribution >= 4 is 5.91 Å². The van der Waals surface area contributed by atoms with Crippen LogP contribution in [0.2, 0.25) is 0 Å². The molecule has 1 unspecified atom stereocenters. The second-order valence-electron chi connectivity index (χ2n) is 3.88. The lowest BCUT2D eigenvalue weighted by atomic mass is 10.3. The van der Waals surface area contributed by atoms with E-state index in [9.17, 15) is 4.79 Å². The Labute approximate surface area is 73.1 Å². The van der Waals surface area contributed by atoms with E-state index in [-0.39, 0.29) is 12.1 Å². The second-order valence-corrected chi connectivity index (χ2v) is 3.88. The number of nitrogens with zero attached hydrogens (tertiary/aromatic N) is 1. The third-order valence-corrected chi connectivity index (χ3v) is 2.81. The summed E-state index contributed by atoms with van der Waals surface area (Å²) in [7, 11) is 0. The summed E-state index contributed by atoms with van der Waals surface area (Å²) in [4.78, 5) is 13.2. The van der Waals surface area contributed by atoms with Crippen molar-refractivity contribution in [2.75, 3.05) is 13.1 Å². The number of amides is 1. The zero-order valence-electron chi connectivity index (χ0n) is 7.55. The molecule has 0 aromatic carbocycles. The predicted octanol–water partition coefficient (Wildman–Crippen LogP) is 0.564. The fourth-order valence-electron chi connectivity index (χ4n) is 1.71. The highest BCUT2D eigenvalue weighted by Gasteiger charge is 2.29. The van der Waals surface area contributed by atoms with Gasteiger partial charge >= 0.3 is 0 Å². The van der Waals surface area contributed by atoms with Crippen molar-refractivity contribution in [3.05, 3.63) is 0 Å². The number of rotatable bonds is 3. The minimum Gasteiger partial charge on any atom is -0.326 e. The number of carbonyl (C=O) groups is 1. The van der Waals surface area contributed by atoms with Crippen LogP contribution in [-0.4, -0.2) is 30.1 Å². The van der Waals surface area contributed by atoms with Crippen molar-refractivity contribution in [2.24, 2.45) is 5.92 Å². The highest BCUT2D eigenvalue weighted by Crippen LogP contribution is 2.32. The van der Waals surface area contributed by atoms with Gasteiger partial charge in [-0.1, -0.05) is 12.8 Å². The van der Waals surface area contributed by atoms with Gasteiger partial charge in [-0.3, -0.25) is 10.1 Å². The zero-order chi connectivity index (χ0) is 8.55. The minimum absolute atomic E-state index is 0.260. The van der Waals surface area contributed by atoms with Gasteiger partial charge in [-0.15, -0.1) is 0 Å². The van der Waals surface area contributed by atoms with E-state index in [1.165, 1.54) is 19.3 Å². The first-order valence-electron chi connectivity index (χ1n) is 4.80. The molecule has 1 amide bonds. The van der Waals surface area contributed by atoms with Gasteiger partial charge in [0.15, 0.2) is 0 Å². The Bertz CT molecular complexity index is 189. The molecule has 0 aromatic heterocycles. The molecule has 1 N–H and O–H groups in total. The first-order chi connectivity index (χ1) is 5.77. The quantitative estimate of drug-likeness (QED) is 0.668. The molecular formula is C9H16N2O. The van der Waals surface area contributed by atoms with Crippen LogP contribution in [0.15, 0.2) is 0 Å². The monoisotopic (exact) mass is 168 g/mol. The lowest BCUT2D eigenvalue weighted by molar-refractivity contribution is -0.127. The molecule has 1 aliphatic heterocycles. The van der Waals surface area contributed by atoms with Gasteiger partial charge in [0, 0.05) is 6.54 Å². The highest BCUT2D eigenvalue weighted by molar-refractivity contribution is 5.80. The first-order valence-corrected chi connectivity index (χ1v) is 4.80. The van der Waals surface area contributed by atoms with E-state index in [1.807, 2.05) is 4.90 Å². The molecule has 12 heavy (non-hydrogen) atoms. The van der Waals surface area contributed by atoms with Gasteiger partial charge in [0.05, 0.1) is 12.7 Å². The molecule has 68 valence electrons. The van der Waals surface area contributed by atoms with Gasteiger partial charge < -0.3 is 4.90 Å². The normalized spacial score (nSPS) is 29.9. The Morgan fingerprint density at radius 1 is 1.58 bits per heavy atom. The van der Waals surface area contributed by atoms with Crippen LogP contribution in [-0.2, 0) is 4.79 Å². The van der Waals surface area contributed by atoms with Crippen LogP contribution in [0.4, 0.5) is 0 Å². The molecule has 1 aliphatic carbocycles. The molecule has 1 atom stereocenters. The van der Waals surface area contributed by atoms with Crippen molar-refractivity contribution in [2.45, 2.75) is 32.4 Å². The Morgan fingerprint density at radius 3 is 2.83 bits per heavy atom. The molecule has 2 aliphatic rings. The standard InChI is InChI=1S/C9H16N2O/c1-7-10-6-9(12)11(7)5-4-8-2-3-8/h7-8,10H,2-6H2,1H3. The minimum atomic E-state index is 0.260. The molecule has 1 saturated heterocycles. The Hall–Kier alpha value is -0.570. The van der Waals surface area contributed by atoms with Crippen LogP contribution >= 0.6 is 0 Å². The summed E-state index contributed by atoms with van der Waals surface area (Å²) in [5.41, 5.74) is 0. The van der Waals surface area contributed by atoms with Crippen LogP contribution in [0.5, 0.6) is 0 Å². The van der Waals surface area contributed by atoms with Crippen LogP contribution in [0, 0.1) is 5.92 Å². The van der Waals surface area contributed by atoms with E-state index in [0.717, 1.165) is 12.5 Å². The van der Waals surface area contributed by atoms with Crippen molar-refractivity contribution < 1.29 is 4.79 Å². The molecule has 0 spiro atoms. The van der Waals surface area contributed by atoms with E-state index in [1.54, 1.807) is 0 Å². The van der Waals surface area contributed by atoms with Crippen molar-refractivity contribution in [1.29, 1.82) is 0 Å². The van der Waals surface area contributed by atoms with E-state index in [0.29, 0.717) is 6.54 Å². The summed E-state index contributed by atoms with van der Waals surface area (Å²) in [6.45, 7) is 3.54. The second kappa shape index (κ2) is 3.05. The third-order valence-electron chi connectivity index (χ3n) is 2.81. The molecule has 0 aromatic rings. The fraction of sp³-hybridized carbons (Fsp3) is 0.889. The first kappa shape index (κ1) is 8.05. The van der Waals surface area contributed by atoms with Crippen LogP contribution in [0.3, 0.4) is 0 Å². The summed E-state index contributed by atoms with van der Waals surface area (Å²) in [6.07, 6.45) is 4.22. The average molecular weight is 168 g/mol. The van der Waals surface area contributed by atoms with Crippen LogP contribution in [0.25, 0.3) is 0 Å². The van der Waals surface area contributed by atoms with E-state index < -0.39 is 0 Å². The molecular weight excluding hydrogens is 152 g/mol. The van der Waals surface area contributed by atoms with E-state index >= 15 is 0 Å². The molecule has 1 saturated carbocycles. The summed E-state index contributed by atoms with van der Waals surface area (Å²) in [6, 6.07) is 0. The molecule has 3 heteroatoms. The maximum atomic E-state index is 11.3. The Balaban J connectivity index is 1.79. The lowest BCUT2D eigenvalue weighted by Gasteiger charge is -2.20. The maximum Gasteiger partial charge on any atom is 0.237 e. The zero-order valence-corrected chi connectivity index (χ0v) is 7.55. The molecule has 2 fully saturated rings. The number of carbonyl (C=O) groups excluding carboxylic acids is 1. The molecule has 2 rings (SSSR count).